The second kappa shape index (κ2) is 5.25. The van der Waals surface area contributed by atoms with Crippen LogP contribution in [0.25, 0.3) is 22.8 Å². The fraction of sp³-hybridized carbons (Fsp3) is 0.0588. The lowest BCUT2D eigenvalue weighted by atomic mass is 10.1. The van der Waals surface area contributed by atoms with Crippen LogP contribution in [0.2, 0.25) is 0 Å². The molecule has 3 rings (SSSR count). The minimum atomic E-state index is -0.0954. The molecule has 4 nitrogen and oxygen atoms in total. The number of aromatic amines is 1. The van der Waals surface area contributed by atoms with E-state index in [0.717, 1.165) is 16.9 Å². The average Bonchev–Trinajstić information content (AvgIpc) is 2.98. The number of H-pyrrole nitrogens is 1. The van der Waals surface area contributed by atoms with E-state index in [1.165, 1.54) is 0 Å². The molecule has 2 heterocycles. The quantitative estimate of drug-likeness (QED) is 0.747. The molecule has 0 radical (unpaired) electrons. The van der Waals surface area contributed by atoms with E-state index in [0.29, 0.717) is 11.0 Å². The van der Waals surface area contributed by atoms with E-state index in [4.69, 9.17) is 0 Å². The monoisotopic (exact) mass is 277 g/mol. The number of nitrogens with one attached hydrogen (secondary N) is 1. The predicted molar refractivity (Wildman–Crippen MR) is 85.7 cm³/mol. The zero-order valence-electron chi connectivity index (χ0n) is 11.7. The fourth-order valence-electron chi connectivity index (χ4n) is 2.47. The first kappa shape index (κ1) is 13.1. The van der Waals surface area contributed by atoms with Crippen molar-refractivity contribution in [2.45, 2.75) is 6.92 Å². The lowest BCUT2D eigenvalue weighted by molar-refractivity contribution is 0.943. The van der Waals surface area contributed by atoms with E-state index in [9.17, 15) is 4.79 Å². The van der Waals surface area contributed by atoms with Crippen molar-refractivity contribution in [1.29, 1.82) is 0 Å². The Morgan fingerprint density at radius 1 is 1.29 bits per heavy atom. The van der Waals surface area contributed by atoms with Crippen molar-refractivity contribution in [2.24, 2.45) is 0 Å². The molecule has 0 aliphatic carbocycles. The van der Waals surface area contributed by atoms with Gasteiger partial charge in [0.25, 0.3) is 5.56 Å². The van der Waals surface area contributed by atoms with Crippen LogP contribution in [0.3, 0.4) is 0 Å². The molecular weight excluding hydrogens is 262 g/mol. The van der Waals surface area contributed by atoms with E-state index in [1.54, 1.807) is 17.0 Å². The van der Waals surface area contributed by atoms with Crippen LogP contribution in [-0.2, 0) is 0 Å². The van der Waals surface area contributed by atoms with Crippen LogP contribution in [0.4, 0.5) is 0 Å². The highest BCUT2D eigenvalue weighted by atomic mass is 16.1. The lowest BCUT2D eigenvalue weighted by Gasteiger charge is -2.13. The van der Waals surface area contributed by atoms with Gasteiger partial charge in [-0.2, -0.15) is 0 Å². The van der Waals surface area contributed by atoms with Crippen molar-refractivity contribution in [3.05, 3.63) is 77.0 Å². The number of hydrogen-bond acceptors (Lipinski definition) is 2. The van der Waals surface area contributed by atoms with Crippen molar-refractivity contribution in [3.8, 4) is 5.69 Å². The molecule has 1 aromatic carbocycles. The molecule has 104 valence electrons. The Morgan fingerprint density at radius 3 is 2.76 bits per heavy atom. The molecular formula is C17H15N3O. The molecule has 0 saturated heterocycles. The van der Waals surface area contributed by atoms with Crippen LogP contribution in [0, 0.1) is 6.92 Å². The Balaban J connectivity index is 2.43. The first-order chi connectivity index (χ1) is 10.2. The van der Waals surface area contributed by atoms with Gasteiger partial charge in [-0.05, 0) is 19.1 Å². The number of hydrogen-bond donors (Lipinski definition) is 1. The standard InChI is InChI=1S/C17H15N3O/c1-3-4-10-14-12(2)20(13-8-6-5-7-9-13)17(21)16-15(14)18-11-19-16/h3-11H,1H2,2H3,(H,18,19)/b10-4-. The molecule has 4 heteroatoms. The maximum Gasteiger partial charge on any atom is 0.281 e. The normalized spacial score (nSPS) is 11.3. The summed E-state index contributed by atoms with van der Waals surface area (Å²) in [6.07, 6.45) is 7.02. The zero-order valence-corrected chi connectivity index (χ0v) is 11.7. The van der Waals surface area contributed by atoms with Gasteiger partial charge < -0.3 is 4.98 Å². The van der Waals surface area contributed by atoms with Crippen LogP contribution < -0.4 is 5.56 Å². The fourth-order valence-corrected chi connectivity index (χ4v) is 2.47. The van der Waals surface area contributed by atoms with Crippen LogP contribution in [0.5, 0.6) is 0 Å². The number of rotatable bonds is 3. The molecule has 3 aromatic rings. The summed E-state index contributed by atoms with van der Waals surface area (Å²) >= 11 is 0. The molecule has 0 bridgehead atoms. The van der Waals surface area contributed by atoms with Crippen LogP contribution in [0.1, 0.15) is 11.3 Å². The molecule has 0 unspecified atom stereocenters. The number of pyridine rings is 1. The number of imidazole rings is 1. The number of benzene rings is 1. The summed E-state index contributed by atoms with van der Waals surface area (Å²) in [5.74, 6) is 0. The summed E-state index contributed by atoms with van der Waals surface area (Å²) in [5, 5.41) is 0. The number of nitrogens with zero attached hydrogens (tertiary/aromatic N) is 2. The van der Waals surface area contributed by atoms with Gasteiger partial charge in [0.05, 0.1) is 6.33 Å². The Bertz CT molecular complexity index is 886. The van der Waals surface area contributed by atoms with Gasteiger partial charge in [-0.1, -0.05) is 43.0 Å². The smallest absolute Gasteiger partial charge is 0.281 e. The molecule has 0 saturated carbocycles. The molecule has 0 spiro atoms. The lowest BCUT2D eigenvalue weighted by Crippen LogP contribution is -2.22. The van der Waals surface area contributed by atoms with Crippen molar-refractivity contribution in [3.63, 3.8) is 0 Å². The van der Waals surface area contributed by atoms with E-state index < -0.39 is 0 Å². The second-order valence-electron chi connectivity index (χ2n) is 4.70. The molecule has 0 atom stereocenters. The van der Waals surface area contributed by atoms with Gasteiger partial charge in [-0.3, -0.25) is 9.36 Å². The summed E-state index contributed by atoms with van der Waals surface area (Å²) in [6, 6.07) is 9.58. The van der Waals surface area contributed by atoms with Gasteiger partial charge >= 0.3 is 0 Å². The van der Waals surface area contributed by atoms with Crippen LogP contribution in [0.15, 0.2) is 60.2 Å². The minimum absolute atomic E-state index is 0.0954. The Kier molecular flexibility index (Phi) is 3.28. The predicted octanol–water partition coefficient (Wildman–Crippen LogP) is 3.22. The number of allylic oxidation sites excluding steroid dienone is 2. The molecule has 0 aliphatic heterocycles. The molecule has 1 N–H and O–H groups in total. The topological polar surface area (TPSA) is 50.7 Å². The third kappa shape index (κ3) is 2.10. The summed E-state index contributed by atoms with van der Waals surface area (Å²) in [7, 11) is 0. The second-order valence-corrected chi connectivity index (χ2v) is 4.70. The van der Waals surface area contributed by atoms with Gasteiger partial charge in [-0.15, -0.1) is 0 Å². The number of aromatic nitrogens is 3. The minimum Gasteiger partial charge on any atom is -0.340 e. The Labute approximate surface area is 122 Å². The van der Waals surface area contributed by atoms with Crippen molar-refractivity contribution in [2.75, 3.05) is 0 Å². The number of para-hydroxylation sites is 1. The SMILES string of the molecule is C=C/C=C\c1c(C)n(-c2ccccc2)c(=O)c2[nH]cnc12. The van der Waals surface area contributed by atoms with Crippen LogP contribution >= 0.6 is 0 Å². The van der Waals surface area contributed by atoms with Crippen molar-refractivity contribution >= 4 is 17.1 Å². The summed E-state index contributed by atoms with van der Waals surface area (Å²) in [6.45, 7) is 5.61. The highest BCUT2D eigenvalue weighted by molar-refractivity contribution is 5.85. The molecule has 0 aliphatic rings. The van der Waals surface area contributed by atoms with E-state index in [2.05, 4.69) is 16.5 Å². The first-order valence-corrected chi connectivity index (χ1v) is 6.67. The van der Waals surface area contributed by atoms with Crippen molar-refractivity contribution in [1.82, 2.24) is 14.5 Å². The maximum absolute atomic E-state index is 12.7. The third-order valence-electron chi connectivity index (χ3n) is 3.45. The van der Waals surface area contributed by atoms with Gasteiger partial charge in [0.15, 0.2) is 0 Å². The Hall–Kier alpha value is -2.88. The highest BCUT2D eigenvalue weighted by Gasteiger charge is 2.15. The van der Waals surface area contributed by atoms with E-state index in [1.807, 2.05) is 49.4 Å². The van der Waals surface area contributed by atoms with Crippen molar-refractivity contribution < 1.29 is 0 Å². The zero-order chi connectivity index (χ0) is 14.8. The van der Waals surface area contributed by atoms with Gasteiger partial charge in [0, 0.05) is 16.9 Å². The molecule has 0 amide bonds. The molecule has 2 aromatic heterocycles. The molecule has 21 heavy (non-hydrogen) atoms. The summed E-state index contributed by atoms with van der Waals surface area (Å²) in [5.41, 5.74) is 3.70. The van der Waals surface area contributed by atoms with Gasteiger partial charge in [-0.25, -0.2) is 4.98 Å². The molecule has 0 fully saturated rings. The number of fused-ring (bicyclic) bond motifs is 1. The highest BCUT2D eigenvalue weighted by Crippen LogP contribution is 2.20. The summed E-state index contributed by atoms with van der Waals surface area (Å²) in [4.78, 5) is 19.9. The van der Waals surface area contributed by atoms with Gasteiger partial charge in [0.2, 0.25) is 0 Å². The third-order valence-corrected chi connectivity index (χ3v) is 3.45. The Morgan fingerprint density at radius 2 is 2.05 bits per heavy atom. The first-order valence-electron chi connectivity index (χ1n) is 6.67. The van der Waals surface area contributed by atoms with E-state index in [-0.39, 0.29) is 5.56 Å². The van der Waals surface area contributed by atoms with E-state index >= 15 is 0 Å². The largest absolute Gasteiger partial charge is 0.340 e. The van der Waals surface area contributed by atoms with Gasteiger partial charge in [0.1, 0.15) is 11.0 Å². The maximum atomic E-state index is 12.7. The summed E-state index contributed by atoms with van der Waals surface area (Å²) < 4.78 is 1.70. The average molecular weight is 277 g/mol. The van der Waals surface area contributed by atoms with Crippen LogP contribution in [-0.4, -0.2) is 14.5 Å².